The van der Waals surface area contributed by atoms with Gasteiger partial charge in [0.2, 0.25) is 0 Å². The lowest BCUT2D eigenvalue weighted by Gasteiger charge is -2.18. The van der Waals surface area contributed by atoms with Gasteiger partial charge in [-0.05, 0) is 34.1 Å². The first-order valence-electron chi connectivity index (χ1n) is 10.8. The Morgan fingerprint density at radius 3 is 0.969 bits per heavy atom. The molecule has 0 fully saturated rings. The van der Waals surface area contributed by atoms with Crippen molar-refractivity contribution in [1.82, 2.24) is 4.98 Å². The van der Waals surface area contributed by atoms with E-state index < -0.39 is 0 Å². The lowest BCUT2D eigenvalue weighted by atomic mass is 9.87. The Kier molecular flexibility index (Phi) is 13.8. The third-order valence-corrected chi connectivity index (χ3v) is 4.71. The van der Waals surface area contributed by atoms with Gasteiger partial charge in [-0.2, -0.15) is 0 Å². The highest BCUT2D eigenvalue weighted by molar-refractivity contribution is 5.22. The van der Waals surface area contributed by atoms with Crippen molar-refractivity contribution in [2.24, 2.45) is 0 Å². The number of hydrogen-bond acceptors (Lipinski definition) is 1. The monoisotopic (exact) mass is 435 g/mol. The first-order chi connectivity index (χ1) is 13.8. The second-order valence-corrected chi connectivity index (χ2v) is 10.7. The summed E-state index contributed by atoms with van der Waals surface area (Å²) in [5.74, 6) is 0. The van der Waals surface area contributed by atoms with Gasteiger partial charge >= 0.3 is 0 Å². The van der Waals surface area contributed by atoms with E-state index in [0.29, 0.717) is 10.8 Å². The van der Waals surface area contributed by atoms with Crippen LogP contribution in [0.3, 0.4) is 0 Å². The predicted octanol–water partition coefficient (Wildman–Crippen LogP) is 9.62. The fourth-order valence-corrected chi connectivity index (χ4v) is 2.68. The third-order valence-electron chi connectivity index (χ3n) is 4.71. The largest absolute Gasteiger partial charge is 0.261 e. The van der Waals surface area contributed by atoms with Crippen molar-refractivity contribution < 1.29 is 0 Å². The van der Waals surface area contributed by atoms with Gasteiger partial charge in [0.25, 0.3) is 0 Å². The number of rotatable bonds is 0. The van der Waals surface area contributed by atoms with Crippen LogP contribution >= 0.6 is 0 Å². The summed E-state index contributed by atoms with van der Waals surface area (Å²) < 4.78 is 0. The summed E-state index contributed by atoms with van der Waals surface area (Å²) in [6.07, 6.45) is 1.83. The number of aromatic nitrogens is 1. The molecule has 32 heavy (non-hydrogen) atoms. The van der Waals surface area contributed by atoms with Gasteiger partial charge in [0.1, 0.15) is 0 Å². The normalized spacial score (nSPS) is 10.8. The topological polar surface area (TPSA) is 12.9 Å². The van der Waals surface area contributed by atoms with E-state index in [9.17, 15) is 0 Å². The zero-order valence-corrected chi connectivity index (χ0v) is 20.5. The highest BCUT2D eigenvalue weighted by Gasteiger charge is 2.13. The van der Waals surface area contributed by atoms with Gasteiger partial charge < -0.3 is 0 Å². The molecule has 0 atom stereocenters. The average Bonchev–Trinajstić information content (AvgIpc) is 2.69. The molecule has 0 unspecified atom stereocenters. The number of hydrogen-bond donors (Lipinski definition) is 0. The zero-order chi connectivity index (χ0) is 22.8. The molecule has 0 bridgehead atoms. The first-order valence-corrected chi connectivity index (χ1v) is 10.8. The van der Waals surface area contributed by atoms with E-state index in [0.717, 1.165) is 5.69 Å². The van der Waals surface area contributed by atoms with Gasteiger partial charge in [0, 0.05) is 17.3 Å². The summed E-state index contributed by atoms with van der Waals surface area (Å²) in [6.45, 7) is 19.8. The number of nitrogens with zero attached hydrogens (tertiary/aromatic N) is 1. The van der Waals surface area contributed by atoms with Crippen LogP contribution in [0.4, 0.5) is 0 Å². The Bertz CT molecular complexity index is 697. The van der Waals surface area contributed by atoms with E-state index >= 15 is 0 Å². The van der Waals surface area contributed by atoms with Crippen LogP contribution < -0.4 is 0 Å². The minimum Gasteiger partial charge on any atom is -0.261 e. The maximum Gasteiger partial charge on any atom is 0.0457 e. The predicted molar refractivity (Wildman–Crippen MR) is 147 cm³/mol. The molecular weight excluding hydrogens is 386 g/mol. The molecule has 0 aliphatic rings. The summed E-state index contributed by atoms with van der Waals surface area (Å²) >= 11 is 0. The molecule has 1 heteroatoms. The Morgan fingerprint density at radius 2 is 0.781 bits per heavy atom. The molecule has 178 valence electrons. The average molecular weight is 436 g/mol. The molecule has 0 aliphatic heterocycles. The van der Waals surface area contributed by atoms with E-state index in [1.54, 1.807) is 0 Å². The van der Waals surface area contributed by atoms with E-state index in [4.69, 9.17) is 0 Å². The van der Waals surface area contributed by atoms with Crippen molar-refractivity contribution in [2.75, 3.05) is 0 Å². The highest BCUT2D eigenvalue weighted by atomic mass is 14.7. The van der Waals surface area contributed by atoms with Crippen molar-refractivity contribution in [1.29, 1.82) is 0 Å². The molecular formula is C31H49N. The molecule has 0 aliphatic carbocycles. The molecule has 1 nitrogen and oxygen atoms in total. The SMILES string of the molecule is C.C.CC(C)(C)c1ccccc1.CC(C)(C)c1ccccc1.CC(C)(C)c1ccccn1. The standard InChI is InChI=1S/2C10H14.C9H13N.2CH4/c2*1-10(2,3)9-7-5-4-6-8-9;1-9(2,3)8-6-4-5-7-10-8;;/h2*4-8H,1-3H3;4-7H,1-3H3;2*1H4. The molecule has 3 rings (SSSR count). The van der Waals surface area contributed by atoms with E-state index in [-0.39, 0.29) is 20.3 Å². The van der Waals surface area contributed by atoms with Crippen molar-refractivity contribution in [2.45, 2.75) is 93.4 Å². The van der Waals surface area contributed by atoms with Gasteiger partial charge in [0.15, 0.2) is 0 Å². The van der Waals surface area contributed by atoms with Gasteiger partial charge in [0.05, 0.1) is 0 Å². The molecule has 0 saturated carbocycles. The molecule has 3 aromatic rings. The number of pyridine rings is 1. The number of benzene rings is 2. The van der Waals surface area contributed by atoms with E-state index in [1.807, 2.05) is 18.3 Å². The zero-order valence-electron chi connectivity index (χ0n) is 20.5. The van der Waals surface area contributed by atoms with E-state index in [2.05, 4.69) is 134 Å². The molecule has 2 aromatic carbocycles. The second kappa shape index (κ2) is 13.9. The molecule has 0 N–H and O–H groups in total. The van der Waals surface area contributed by atoms with Crippen LogP contribution in [0.5, 0.6) is 0 Å². The van der Waals surface area contributed by atoms with Crippen LogP contribution in [0.25, 0.3) is 0 Å². The summed E-state index contributed by atoms with van der Waals surface area (Å²) in [5.41, 5.74) is 4.71. The fraction of sp³-hybridized carbons (Fsp3) is 0.452. The van der Waals surface area contributed by atoms with Gasteiger partial charge in [-0.15, -0.1) is 0 Å². The van der Waals surface area contributed by atoms with Crippen molar-refractivity contribution >= 4 is 0 Å². The Balaban J connectivity index is 0. The fourth-order valence-electron chi connectivity index (χ4n) is 2.68. The molecule has 0 radical (unpaired) electrons. The molecule has 0 amide bonds. The maximum absolute atomic E-state index is 4.25. The van der Waals surface area contributed by atoms with Gasteiger partial charge in [-0.3, -0.25) is 4.98 Å². The van der Waals surface area contributed by atoms with Gasteiger partial charge in [-0.1, -0.05) is 144 Å². The van der Waals surface area contributed by atoms with Crippen LogP contribution in [0.2, 0.25) is 0 Å². The molecule has 0 spiro atoms. The summed E-state index contributed by atoms with van der Waals surface area (Å²) in [5, 5.41) is 0. The molecule has 1 aromatic heterocycles. The lowest BCUT2D eigenvalue weighted by molar-refractivity contribution is 0.569. The summed E-state index contributed by atoms with van der Waals surface area (Å²) in [4.78, 5) is 4.25. The summed E-state index contributed by atoms with van der Waals surface area (Å²) in [7, 11) is 0. The minimum absolute atomic E-state index is 0. The Morgan fingerprint density at radius 1 is 0.438 bits per heavy atom. The molecule has 1 heterocycles. The first kappa shape index (κ1) is 31.8. The smallest absolute Gasteiger partial charge is 0.0457 e. The van der Waals surface area contributed by atoms with Crippen LogP contribution in [0.15, 0.2) is 85.1 Å². The quantitative estimate of drug-likeness (QED) is 0.342. The molecule has 0 saturated heterocycles. The van der Waals surface area contributed by atoms with E-state index in [1.165, 1.54) is 11.1 Å². The van der Waals surface area contributed by atoms with Crippen LogP contribution in [-0.2, 0) is 16.2 Å². The highest BCUT2D eigenvalue weighted by Crippen LogP contribution is 2.21. The third kappa shape index (κ3) is 12.4. The summed E-state index contributed by atoms with van der Waals surface area (Å²) in [6, 6.07) is 27.1. The van der Waals surface area contributed by atoms with Crippen molar-refractivity contribution in [3.63, 3.8) is 0 Å². The second-order valence-electron chi connectivity index (χ2n) is 10.7. The minimum atomic E-state index is 0. The van der Waals surface area contributed by atoms with Crippen LogP contribution in [-0.4, -0.2) is 4.98 Å². The Hall–Kier alpha value is -2.41. The van der Waals surface area contributed by atoms with Crippen molar-refractivity contribution in [3.8, 4) is 0 Å². The van der Waals surface area contributed by atoms with Crippen LogP contribution in [0.1, 0.15) is 94.0 Å². The Labute approximate surface area is 200 Å². The maximum atomic E-state index is 4.25. The van der Waals surface area contributed by atoms with Gasteiger partial charge in [-0.25, -0.2) is 0 Å². The van der Waals surface area contributed by atoms with Crippen molar-refractivity contribution in [3.05, 3.63) is 102 Å². The lowest BCUT2D eigenvalue weighted by Crippen LogP contribution is -2.12. The van der Waals surface area contributed by atoms with Crippen LogP contribution in [0, 0.1) is 0 Å².